The maximum atomic E-state index is 12.9. The highest BCUT2D eigenvalue weighted by Gasteiger charge is 2.15. The van der Waals surface area contributed by atoms with E-state index in [1.165, 1.54) is 41.0 Å². The van der Waals surface area contributed by atoms with Crippen molar-refractivity contribution in [2.45, 2.75) is 0 Å². The number of ketones is 1. The molecule has 0 saturated heterocycles. The maximum absolute atomic E-state index is 12.9. The zero-order chi connectivity index (χ0) is 19.2. The number of rotatable bonds is 7. The summed E-state index contributed by atoms with van der Waals surface area (Å²) in [6.45, 7) is -0.441. The Hall–Kier alpha value is -3.26. The van der Waals surface area contributed by atoms with Gasteiger partial charge in [0.05, 0.1) is 7.11 Å². The third kappa shape index (κ3) is 4.89. The summed E-state index contributed by atoms with van der Waals surface area (Å²) in [5.74, 6) is -0.836. The molecule has 0 saturated carbocycles. The number of anilines is 2. The Morgan fingerprint density at radius 3 is 2.48 bits per heavy atom. The second-order valence-electron chi connectivity index (χ2n) is 5.40. The molecule has 0 amide bonds. The van der Waals surface area contributed by atoms with Crippen molar-refractivity contribution in [1.82, 2.24) is 4.98 Å². The van der Waals surface area contributed by atoms with Gasteiger partial charge in [0.25, 0.3) is 0 Å². The maximum Gasteiger partial charge on any atom is 0.358 e. The van der Waals surface area contributed by atoms with Crippen molar-refractivity contribution in [3.8, 4) is 5.75 Å². The first-order valence-corrected chi connectivity index (χ1v) is 8.75. The van der Waals surface area contributed by atoms with Gasteiger partial charge in [-0.05, 0) is 48.5 Å². The van der Waals surface area contributed by atoms with Crippen molar-refractivity contribution in [2.24, 2.45) is 0 Å². The number of carbonyl (C=O) groups is 2. The fraction of sp³-hybridized carbons (Fsp3) is 0.105. The summed E-state index contributed by atoms with van der Waals surface area (Å²) >= 11 is 1.23. The molecule has 0 unspecified atom stereocenters. The molecule has 1 heterocycles. The minimum absolute atomic E-state index is 0.0999. The van der Waals surface area contributed by atoms with E-state index in [0.29, 0.717) is 5.13 Å². The molecular weight excluding hydrogens is 371 g/mol. The number of aromatic nitrogens is 1. The minimum atomic E-state index is -0.704. The van der Waals surface area contributed by atoms with E-state index >= 15 is 0 Å². The first-order valence-electron chi connectivity index (χ1n) is 7.87. The molecule has 0 aliphatic heterocycles. The number of nitrogens with zero attached hydrogens (tertiary/aromatic N) is 1. The average molecular weight is 386 g/mol. The Morgan fingerprint density at radius 2 is 1.81 bits per heavy atom. The number of methoxy groups -OCH3 is 1. The van der Waals surface area contributed by atoms with E-state index in [9.17, 15) is 14.0 Å². The highest BCUT2D eigenvalue weighted by molar-refractivity contribution is 7.14. The molecule has 0 fully saturated rings. The van der Waals surface area contributed by atoms with Gasteiger partial charge in [0.1, 0.15) is 11.6 Å². The summed E-state index contributed by atoms with van der Waals surface area (Å²) in [6.07, 6.45) is 0. The molecule has 0 spiro atoms. The van der Waals surface area contributed by atoms with Crippen molar-refractivity contribution in [3.05, 3.63) is 71.0 Å². The monoisotopic (exact) mass is 386 g/mol. The number of hydrogen-bond acceptors (Lipinski definition) is 7. The van der Waals surface area contributed by atoms with Gasteiger partial charge in [0.2, 0.25) is 0 Å². The average Bonchev–Trinajstić information content (AvgIpc) is 3.15. The van der Waals surface area contributed by atoms with Crippen LogP contribution in [0.4, 0.5) is 15.2 Å². The normalized spacial score (nSPS) is 10.3. The van der Waals surface area contributed by atoms with Crippen molar-refractivity contribution >= 4 is 33.9 Å². The Balaban J connectivity index is 1.56. The number of Topliss-reactive ketones (excluding diaryl/α,β-unsaturated/α-hetero) is 1. The Morgan fingerprint density at radius 1 is 1.11 bits per heavy atom. The van der Waals surface area contributed by atoms with Crippen LogP contribution in [0.3, 0.4) is 0 Å². The van der Waals surface area contributed by atoms with Gasteiger partial charge in [-0.2, -0.15) is 0 Å². The lowest BCUT2D eigenvalue weighted by Crippen LogP contribution is -2.14. The van der Waals surface area contributed by atoms with Crippen LogP contribution in [0.2, 0.25) is 0 Å². The molecule has 0 bridgehead atoms. The highest BCUT2D eigenvalue weighted by atomic mass is 32.1. The van der Waals surface area contributed by atoms with Gasteiger partial charge >= 0.3 is 5.97 Å². The molecule has 138 valence electrons. The summed E-state index contributed by atoms with van der Waals surface area (Å²) in [5, 5.41) is 5.12. The van der Waals surface area contributed by atoms with Gasteiger partial charge in [0, 0.05) is 16.6 Å². The number of benzene rings is 2. The van der Waals surface area contributed by atoms with E-state index in [1.54, 1.807) is 19.2 Å². The Kier molecular flexibility index (Phi) is 5.77. The predicted molar refractivity (Wildman–Crippen MR) is 99.4 cm³/mol. The smallest absolute Gasteiger partial charge is 0.358 e. The summed E-state index contributed by atoms with van der Waals surface area (Å²) in [5.41, 5.74) is 1.16. The molecule has 0 radical (unpaired) electrons. The van der Waals surface area contributed by atoms with Crippen LogP contribution in [0.5, 0.6) is 5.75 Å². The minimum Gasteiger partial charge on any atom is -0.497 e. The summed E-state index contributed by atoms with van der Waals surface area (Å²) in [4.78, 5) is 28.2. The van der Waals surface area contributed by atoms with Gasteiger partial charge in [-0.15, -0.1) is 11.3 Å². The fourth-order valence-corrected chi connectivity index (χ4v) is 2.85. The third-order valence-electron chi connectivity index (χ3n) is 3.56. The molecule has 1 N–H and O–H groups in total. The van der Waals surface area contributed by atoms with Gasteiger partial charge in [-0.1, -0.05) is 0 Å². The first-order chi connectivity index (χ1) is 13.0. The van der Waals surface area contributed by atoms with Gasteiger partial charge in [-0.25, -0.2) is 14.2 Å². The molecule has 27 heavy (non-hydrogen) atoms. The molecule has 3 aromatic rings. The van der Waals surface area contributed by atoms with E-state index in [4.69, 9.17) is 9.47 Å². The highest BCUT2D eigenvalue weighted by Crippen LogP contribution is 2.23. The summed E-state index contributed by atoms with van der Waals surface area (Å²) in [6, 6.07) is 12.3. The Bertz CT molecular complexity index is 939. The van der Waals surface area contributed by atoms with Gasteiger partial charge in [0.15, 0.2) is 23.2 Å². The summed E-state index contributed by atoms with van der Waals surface area (Å²) < 4.78 is 22.9. The van der Waals surface area contributed by atoms with Crippen LogP contribution in [-0.4, -0.2) is 30.5 Å². The standard InChI is InChI=1S/C19H15FN2O4S/c1-25-15-8-6-14(7-9-15)21-19-22-16(11-27-19)18(24)26-10-17(23)12-2-4-13(20)5-3-12/h2-9,11H,10H2,1H3,(H,21,22). The largest absolute Gasteiger partial charge is 0.497 e. The van der Waals surface area contributed by atoms with Crippen molar-refractivity contribution in [3.63, 3.8) is 0 Å². The van der Waals surface area contributed by atoms with E-state index in [1.807, 2.05) is 12.1 Å². The van der Waals surface area contributed by atoms with E-state index in [-0.39, 0.29) is 11.3 Å². The van der Waals surface area contributed by atoms with E-state index < -0.39 is 24.2 Å². The van der Waals surface area contributed by atoms with Crippen LogP contribution in [-0.2, 0) is 4.74 Å². The zero-order valence-electron chi connectivity index (χ0n) is 14.3. The zero-order valence-corrected chi connectivity index (χ0v) is 15.1. The second kappa shape index (κ2) is 8.41. The molecule has 0 aliphatic rings. The lowest BCUT2D eigenvalue weighted by Gasteiger charge is -2.04. The number of ether oxygens (including phenoxy) is 2. The molecule has 1 aromatic heterocycles. The lowest BCUT2D eigenvalue weighted by molar-refractivity contribution is 0.0470. The van der Waals surface area contributed by atoms with Crippen molar-refractivity contribution < 1.29 is 23.5 Å². The van der Waals surface area contributed by atoms with Gasteiger partial charge < -0.3 is 14.8 Å². The number of nitrogens with one attached hydrogen (secondary N) is 1. The molecule has 0 atom stereocenters. The Labute approximate surface area is 158 Å². The predicted octanol–water partition coefficient (Wildman–Crippen LogP) is 4.07. The SMILES string of the molecule is COc1ccc(Nc2nc(C(=O)OCC(=O)c3ccc(F)cc3)cs2)cc1. The summed E-state index contributed by atoms with van der Waals surface area (Å²) in [7, 11) is 1.59. The molecule has 6 nitrogen and oxygen atoms in total. The fourth-order valence-electron chi connectivity index (χ4n) is 2.15. The lowest BCUT2D eigenvalue weighted by atomic mass is 10.1. The molecular formula is C19H15FN2O4S. The van der Waals surface area contributed by atoms with Crippen LogP contribution in [0.25, 0.3) is 0 Å². The number of carbonyl (C=O) groups excluding carboxylic acids is 2. The number of esters is 1. The van der Waals surface area contributed by atoms with Crippen molar-refractivity contribution in [1.29, 1.82) is 0 Å². The van der Waals surface area contributed by atoms with Crippen LogP contribution in [0.15, 0.2) is 53.9 Å². The third-order valence-corrected chi connectivity index (χ3v) is 4.31. The van der Waals surface area contributed by atoms with Gasteiger partial charge in [-0.3, -0.25) is 4.79 Å². The van der Waals surface area contributed by atoms with E-state index in [0.717, 1.165) is 11.4 Å². The molecule has 2 aromatic carbocycles. The van der Waals surface area contributed by atoms with Crippen LogP contribution < -0.4 is 10.1 Å². The van der Waals surface area contributed by atoms with E-state index in [2.05, 4.69) is 10.3 Å². The molecule has 0 aliphatic carbocycles. The van der Waals surface area contributed by atoms with Crippen LogP contribution in [0.1, 0.15) is 20.8 Å². The number of hydrogen-bond donors (Lipinski definition) is 1. The number of halogens is 1. The molecule has 3 rings (SSSR count). The van der Waals surface area contributed by atoms with Crippen LogP contribution >= 0.6 is 11.3 Å². The quantitative estimate of drug-likeness (QED) is 0.487. The van der Waals surface area contributed by atoms with Crippen molar-refractivity contribution in [2.75, 3.05) is 19.0 Å². The topological polar surface area (TPSA) is 77.5 Å². The molecule has 8 heteroatoms. The second-order valence-corrected chi connectivity index (χ2v) is 6.26. The van der Waals surface area contributed by atoms with Crippen LogP contribution in [0, 0.1) is 5.82 Å². The first kappa shape index (κ1) is 18.5. The number of thiazole rings is 1.